The summed E-state index contributed by atoms with van der Waals surface area (Å²) in [5.41, 5.74) is -0.632. The number of fused-ring (bicyclic) bond motifs is 1. The van der Waals surface area contributed by atoms with Gasteiger partial charge in [-0.25, -0.2) is 9.59 Å². The number of carbonyl (C=O) groups is 2. The SMILES string of the molecule is CC(C)(C)OC(=O)N1[C@@H]2O[C@@H]2C[C@H]1C(=O)O. The molecule has 1 N–H and O–H groups in total. The van der Waals surface area contributed by atoms with Gasteiger partial charge in [0.25, 0.3) is 0 Å². The molecule has 2 saturated heterocycles. The van der Waals surface area contributed by atoms with E-state index in [-0.39, 0.29) is 6.10 Å². The molecule has 0 saturated carbocycles. The van der Waals surface area contributed by atoms with Crippen molar-refractivity contribution >= 4 is 12.1 Å². The molecule has 0 unspecified atom stereocenters. The molecule has 0 radical (unpaired) electrons. The van der Waals surface area contributed by atoms with Gasteiger partial charge in [0, 0.05) is 6.42 Å². The van der Waals surface area contributed by atoms with Gasteiger partial charge in [-0.1, -0.05) is 0 Å². The van der Waals surface area contributed by atoms with E-state index in [9.17, 15) is 9.59 Å². The Balaban J connectivity index is 2.07. The normalized spacial score (nSPS) is 32.2. The van der Waals surface area contributed by atoms with Crippen LogP contribution in [0.3, 0.4) is 0 Å². The molecule has 2 heterocycles. The first-order chi connectivity index (χ1) is 7.29. The largest absolute Gasteiger partial charge is 0.480 e. The Labute approximate surface area is 93.1 Å². The number of nitrogens with zero attached hydrogens (tertiary/aromatic N) is 1. The number of likely N-dealkylation sites (tertiary alicyclic amines) is 1. The van der Waals surface area contributed by atoms with Gasteiger partial charge in [-0.05, 0) is 20.8 Å². The highest BCUT2D eigenvalue weighted by Crippen LogP contribution is 2.40. The molecule has 2 aliphatic rings. The molecule has 3 atom stereocenters. The van der Waals surface area contributed by atoms with Crippen LogP contribution in [0.15, 0.2) is 0 Å². The topological polar surface area (TPSA) is 79.4 Å². The first kappa shape index (κ1) is 11.2. The van der Waals surface area contributed by atoms with Gasteiger partial charge in [0.2, 0.25) is 0 Å². The minimum atomic E-state index is -1.01. The number of aliphatic carboxylic acids is 1. The van der Waals surface area contributed by atoms with Crippen molar-refractivity contribution in [1.29, 1.82) is 0 Å². The Kier molecular flexibility index (Phi) is 2.34. The van der Waals surface area contributed by atoms with E-state index in [0.717, 1.165) is 0 Å². The molecule has 6 heteroatoms. The molecule has 6 nitrogen and oxygen atoms in total. The van der Waals surface area contributed by atoms with Crippen molar-refractivity contribution in [2.24, 2.45) is 0 Å². The van der Waals surface area contributed by atoms with Crippen LogP contribution in [0.2, 0.25) is 0 Å². The second-order valence-electron chi connectivity index (χ2n) is 5.04. The Hall–Kier alpha value is -1.30. The zero-order valence-corrected chi connectivity index (χ0v) is 9.47. The average Bonchev–Trinajstić information content (AvgIpc) is 2.73. The van der Waals surface area contributed by atoms with Gasteiger partial charge in [-0.15, -0.1) is 0 Å². The quantitative estimate of drug-likeness (QED) is 0.673. The van der Waals surface area contributed by atoms with E-state index >= 15 is 0 Å². The van der Waals surface area contributed by atoms with E-state index in [2.05, 4.69) is 0 Å². The molecule has 16 heavy (non-hydrogen) atoms. The van der Waals surface area contributed by atoms with Crippen molar-refractivity contribution in [3.8, 4) is 0 Å². The summed E-state index contributed by atoms with van der Waals surface area (Å²) < 4.78 is 10.3. The van der Waals surface area contributed by atoms with Gasteiger partial charge in [0.15, 0.2) is 6.23 Å². The smallest absolute Gasteiger partial charge is 0.413 e. The van der Waals surface area contributed by atoms with Crippen molar-refractivity contribution in [1.82, 2.24) is 4.90 Å². The number of carboxylic acid groups (broad SMARTS) is 1. The molecule has 2 aliphatic heterocycles. The predicted molar refractivity (Wildman–Crippen MR) is 52.8 cm³/mol. The summed E-state index contributed by atoms with van der Waals surface area (Å²) in [6.45, 7) is 5.21. The first-order valence-corrected chi connectivity index (χ1v) is 5.19. The van der Waals surface area contributed by atoms with Crippen LogP contribution in [0.25, 0.3) is 0 Å². The molecule has 0 aliphatic carbocycles. The maximum absolute atomic E-state index is 11.8. The van der Waals surface area contributed by atoms with Crippen molar-refractivity contribution < 1.29 is 24.2 Å². The van der Waals surface area contributed by atoms with Crippen molar-refractivity contribution in [2.75, 3.05) is 0 Å². The van der Waals surface area contributed by atoms with Crippen LogP contribution in [0.4, 0.5) is 4.79 Å². The van der Waals surface area contributed by atoms with Crippen molar-refractivity contribution in [3.05, 3.63) is 0 Å². The highest BCUT2D eigenvalue weighted by atomic mass is 16.6. The standard InChI is InChI=1S/C10H15NO5/c1-10(2,3)16-9(14)11-5(8(12)13)4-6-7(11)15-6/h5-7H,4H2,1-3H3,(H,12,13)/t5-,6+,7+/m0/s1. The molecular weight excluding hydrogens is 214 g/mol. The van der Waals surface area contributed by atoms with Crippen LogP contribution in [0.5, 0.6) is 0 Å². The molecular formula is C10H15NO5. The van der Waals surface area contributed by atoms with Gasteiger partial charge < -0.3 is 14.6 Å². The zero-order valence-electron chi connectivity index (χ0n) is 9.47. The van der Waals surface area contributed by atoms with E-state index < -0.39 is 29.9 Å². The Morgan fingerprint density at radius 3 is 2.56 bits per heavy atom. The van der Waals surface area contributed by atoms with E-state index in [1.54, 1.807) is 20.8 Å². The molecule has 0 aromatic heterocycles. The lowest BCUT2D eigenvalue weighted by Crippen LogP contribution is -2.45. The molecule has 1 amide bonds. The third kappa shape index (κ3) is 1.97. The Morgan fingerprint density at radius 2 is 2.06 bits per heavy atom. The second-order valence-corrected chi connectivity index (χ2v) is 5.04. The second kappa shape index (κ2) is 3.35. The van der Waals surface area contributed by atoms with Crippen LogP contribution in [0, 0.1) is 0 Å². The molecule has 0 aromatic rings. The number of ether oxygens (including phenoxy) is 2. The van der Waals surface area contributed by atoms with E-state index in [0.29, 0.717) is 6.42 Å². The number of hydrogen-bond donors (Lipinski definition) is 1. The fraction of sp³-hybridized carbons (Fsp3) is 0.800. The van der Waals surface area contributed by atoms with Crippen molar-refractivity contribution in [3.63, 3.8) is 0 Å². The molecule has 0 spiro atoms. The van der Waals surface area contributed by atoms with Gasteiger partial charge in [0.05, 0.1) is 0 Å². The number of epoxide rings is 1. The fourth-order valence-corrected chi connectivity index (χ4v) is 1.83. The fourth-order valence-electron chi connectivity index (χ4n) is 1.83. The van der Waals surface area contributed by atoms with Gasteiger partial charge >= 0.3 is 12.1 Å². The summed E-state index contributed by atoms with van der Waals surface area (Å²) in [7, 11) is 0. The monoisotopic (exact) mass is 229 g/mol. The number of hydrogen-bond acceptors (Lipinski definition) is 4. The summed E-state index contributed by atoms with van der Waals surface area (Å²) in [5.74, 6) is -1.01. The van der Waals surface area contributed by atoms with Crippen LogP contribution >= 0.6 is 0 Å². The van der Waals surface area contributed by atoms with Crippen LogP contribution in [-0.4, -0.2) is 46.0 Å². The molecule has 90 valence electrons. The number of rotatable bonds is 1. The minimum absolute atomic E-state index is 0.131. The summed E-state index contributed by atoms with van der Waals surface area (Å²) in [6.07, 6.45) is -0.811. The maximum Gasteiger partial charge on any atom is 0.413 e. The highest BCUT2D eigenvalue weighted by Gasteiger charge is 2.59. The number of carboxylic acids is 1. The number of carbonyl (C=O) groups excluding carboxylic acids is 1. The van der Waals surface area contributed by atoms with Crippen LogP contribution in [-0.2, 0) is 14.3 Å². The molecule has 2 rings (SSSR count). The zero-order chi connectivity index (χ0) is 12.1. The Morgan fingerprint density at radius 1 is 1.44 bits per heavy atom. The van der Waals surface area contributed by atoms with Gasteiger partial charge in [-0.2, -0.15) is 0 Å². The summed E-state index contributed by atoms with van der Waals surface area (Å²) >= 11 is 0. The van der Waals surface area contributed by atoms with Gasteiger partial charge in [0.1, 0.15) is 17.7 Å². The Bertz CT molecular complexity index is 335. The average molecular weight is 229 g/mol. The maximum atomic E-state index is 11.8. The molecule has 0 bridgehead atoms. The third-order valence-corrected chi connectivity index (χ3v) is 2.51. The van der Waals surface area contributed by atoms with E-state index in [1.807, 2.05) is 0 Å². The van der Waals surface area contributed by atoms with E-state index in [1.165, 1.54) is 4.90 Å². The molecule has 2 fully saturated rings. The molecule has 0 aromatic carbocycles. The number of amides is 1. The first-order valence-electron chi connectivity index (χ1n) is 5.19. The lowest BCUT2D eigenvalue weighted by atomic mass is 10.2. The highest BCUT2D eigenvalue weighted by molar-refractivity contribution is 5.81. The van der Waals surface area contributed by atoms with Crippen LogP contribution in [0.1, 0.15) is 27.2 Å². The van der Waals surface area contributed by atoms with Crippen molar-refractivity contribution in [2.45, 2.75) is 51.2 Å². The van der Waals surface area contributed by atoms with Gasteiger partial charge in [-0.3, -0.25) is 4.90 Å². The van der Waals surface area contributed by atoms with E-state index in [4.69, 9.17) is 14.6 Å². The predicted octanol–water partition coefficient (Wildman–Crippen LogP) is 0.805. The van der Waals surface area contributed by atoms with Crippen LogP contribution < -0.4 is 0 Å². The minimum Gasteiger partial charge on any atom is -0.480 e. The summed E-state index contributed by atoms with van der Waals surface area (Å²) in [6, 6.07) is -0.821. The summed E-state index contributed by atoms with van der Waals surface area (Å²) in [4.78, 5) is 23.9. The summed E-state index contributed by atoms with van der Waals surface area (Å²) in [5, 5.41) is 8.96. The lowest BCUT2D eigenvalue weighted by Gasteiger charge is -2.27. The third-order valence-electron chi connectivity index (χ3n) is 2.51. The lowest BCUT2D eigenvalue weighted by molar-refractivity contribution is -0.144.